The Labute approximate surface area is 229 Å². The summed E-state index contributed by atoms with van der Waals surface area (Å²) < 4.78 is 20.2. The number of nitrogens with one attached hydrogen (secondary N) is 2. The molecule has 1 fully saturated rings. The third-order valence-corrected chi connectivity index (χ3v) is 7.30. The molecule has 1 aliphatic heterocycles. The molecule has 9 nitrogen and oxygen atoms in total. The first kappa shape index (κ1) is 24.3. The molecule has 6 heterocycles. The lowest BCUT2D eigenvalue weighted by molar-refractivity contribution is 0.237. The van der Waals surface area contributed by atoms with Crippen molar-refractivity contribution >= 4 is 22.1 Å². The van der Waals surface area contributed by atoms with Gasteiger partial charge in [-0.05, 0) is 74.3 Å². The van der Waals surface area contributed by atoms with Gasteiger partial charge in [0.05, 0.1) is 29.1 Å². The fourth-order valence-corrected chi connectivity index (χ4v) is 5.35. The molecule has 2 N–H and O–H groups in total. The van der Waals surface area contributed by atoms with Crippen molar-refractivity contribution in [2.24, 2.45) is 0 Å². The van der Waals surface area contributed by atoms with Gasteiger partial charge in [0.2, 0.25) is 0 Å². The average molecular weight is 535 g/mol. The first-order chi connectivity index (χ1) is 19.6. The quantitative estimate of drug-likeness (QED) is 0.277. The normalized spacial score (nSPS) is 13.9. The molecular weight excluding hydrogens is 507 g/mol. The third-order valence-electron chi connectivity index (χ3n) is 7.30. The van der Waals surface area contributed by atoms with E-state index < -0.39 is 0 Å². The summed E-state index contributed by atoms with van der Waals surface area (Å²) in [7, 11) is 0. The van der Waals surface area contributed by atoms with Gasteiger partial charge in [0.25, 0.3) is 0 Å². The van der Waals surface area contributed by atoms with E-state index in [0.717, 1.165) is 69.8 Å². The van der Waals surface area contributed by atoms with Crippen molar-refractivity contribution in [1.82, 2.24) is 40.0 Å². The molecule has 10 heteroatoms. The molecule has 6 aromatic rings. The van der Waals surface area contributed by atoms with Crippen molar-refractivity contribution in [3.05, 3.63) is 72.6 Å². The maximum atomic E-state index is 14.2. The highest BCUT2D eigenvalue weighted by atomic mass is 19.1. The van der Waals surface area contributed by atoms with Crippen LogP contribution >= 0.6 is 0 Å². The molecule has 1 aliphatic rings. The number of nitrogens with zero attached hydrogens (tertiary/aromatic N) is 6. The summed E-state index contributed by atoms with van der Waals surface area (Å²) in [4.78, 5) is 24.0. The van der Waals surface area contributed by atoms with Crippen molar-refractivity contribution in [2.75, 3.05) is 26.2 Å². The predicted molar refractivity (Wildman–Crippen MR) is 151 cm³/mol. The Hall–Kier alpha value is -4.70. The van der Waals surface area contributed by atoms with Crippen LogP contribution in [-0.2, 0) is 0 Å². The SMILES string of the molecule is Cc1cc(F)cc(-c2ccnc3nc(-c4n[nH]c5cnc(-c6cncc(OCCN7CCCC7)c6)cc45)[nH]c23)c1. The maximum absolute atomic E-state index is 14.2. The minimum atomic E-state index is -0.284. The van der Waals surface area contributed by atoms with Crippen LogP contribution in [0.25, 0.3) is 56.0 Å². The molecule has 0 atom stereocenters. The zero-order valence-electron chi connectivity index (χ0n) is 22.0. The molecule has 0 saturated carbocycles. The van der Waals surface area contributed by atoms with Gasteiger partial charge >= 0.3 is 0 Å². The van der Waals surface area contributed by atoms with Crippen LogP contribution < -0.4 is 4.74 Å². The standard InChI is InChI=1S/C30H27FN8O/c1-18-10-19(12-21(31)11-18)23-4-5-33-29-27(23)35-30(36-29)28-24-14-25(34-17-26(24)37-38-28)20-13-22(16-32-15-20)40-9-8-39-6-2-3-7-39/h4-5,10-17H,2-3,6-9H2,1H3,(H,37,38)(H,33,35,36). The number of aromatic nitrogens is 7. The van der Waals surface area contributed by atoms with Gasteiger partial charge in [-0.15, -0.1) is 0 Å². The van der Waals surface area contributed by atoms with Gasteiger partial charge in [-0.25, -0.2) is 14.4 Å². The smallest absolute Gasteiger partial charge is 0.178 e. The second kappa shape index (κ2) is 10.1. The van der Waals surface area contributed by atoms with Gasteiger partial charge in [0, 0.05) is 35.5 Å². The van der Waals surface area contributed by atoms with E-state index in [-0.39, 0.29) is 5.82 Å². The number of imidazole rings is 1. The topological polar surface area (TPSA) is 108 Å². The molecule has 40 heavy (non-hydrogen) atoms. The molecule has 200 valence electrons. The minimum absolute atomic E-state index is 0.284. The lowest BCUT2D eigenvalue weighted by Crippen LogP contribution is -2.25. The number of aryl methyl sites for hydroxylation is 1. The number of H-pyrrole nitrogens is 2. The average Bonchev–Trinajstić information content (AvgIpc) is 3.71. The van der Waals surface area contributed by atoms with Gasteiger partial charge in [-0.1, -0.05) is 6.07 Å². The number of hydrogen-bond donors (Lipinski definition) is 2. The van der Waals surface area contributed by atoms with E-state index in [4.69, 9.17) is 9.72 Å². The number of likely N-dealkylation sites (tertiary alicyclic amines) is 1. The molecule has 0 amide bonds. The molecule has 7 rings (SSSR count). The van der Waals surface area contributed by atoms with E-state index in [1.807, 2.05) is 31.2 Å². The monoisotopic (exact) mass is 534 g/mol. The summed E-state index contributed by atoms with van der Waals surface area (Å²) in [6.07, 6.45) is 9.47. The molecule has 0 bridgehead atoms. The second-order valence-electron chi connectivity index (χ2n) is 10.2. The largest absolute Gasteiger partial charge is 0.491 e. The van der Waals surface area contributed by atoms with E-state index in [1.54, 1.807) is 24.8 Å². The number of ether oxygens (including phenoxy) is 1. The molecule has 1 aromatic carbocycles. The Morgan fingerprint density at radius 2 is 1.90 bits per heavy atom. The van der Waals surface area contributed by atoms with Crippen molar-refractivity contribution in [3.8, 4) is 39.7 Å². The van der Waals surface area contributed by atoms with Crippen LogP contribution in [0, 0.1) is 12.7 Å². The number of fused-ring (bicyclic) bond motifs is 2. The summed E-state index contributed by atoms with van der Waals surface area (Å²) in [5.74, 6) is 0.992. The minimum Gasteiger partial charge on any atom is -0.491 e. The highest BCUT2D eigenvalue weighted by Crippen LogP contribution is 2.32. The molecule has 0 aliphatic carbocycles. The van der Waals surface area contributed by atoms with Crippen LogP contribution in [0.1, 0.15) is 18.4 Å². The Bertz CT molecular complexity index is 1820. The van der Waals surface area contributed by atoms with E-state index in [9.17, 15) is 4.39 Å². The summed E-state index contributed by atoms with van der Waals surface area (Å²) >= 11 is 0. The van der Waals surface area contributed by atoms with Crippen molar-refractivity contribution in [1.29, 1.82) is 0 Å². The summed E-state index contributed by atoms with van der Waals surface area (Å²) in [5.41, 5.74) is 6.69. The lowest BCUT2D eigenvalue weighted by Gasteiger charge is -2.15. The zero-order chi connectivity index (χ0) is 27.1. The van der Waals surface area contributed by atoms with E-state index >= 15 is 0 Å². The lowest BCUT2D eigenvalue weighted by atomic mass is 10.0. The molecule has 0 unspecified atom stereocenters. The van der Waals surface area contributed by atoms with Crippen LogP contribution in [0.3, 0.4) is 0 Å². The number of hydrogen-bond acceptors (Lipinski definition) is 7. The van der Waals surface area contributed by atoms with Gasteiger partial charge in [0.1, 0.15) is 23.9 Å². The van der Waals surface area contributed by atoms with Crippen molar-refractivity contribution in [3.63, 3.8) is 0 Å². The summed E-state index contributed by atoms with van der Waals surface area (Å²) in [6, 6.07) is 10.8. The van der Waals surface area contributed by atoms with Crippen LogP contribution in [0.15, 0.2) is 61.2 Å². The number of aromatic amines is 2. The second-order valence-corrected chi connectivity index (χ2v) is 10.2. The van der Waals surface area contributed by atoms with Crippen LogP contribution in [0.5, 0.6) is 5.75 Å². The summed E-state index contributed by atoms with van der Waals surface area (Å²) in [6.45, 7) is 5.70. The molecule has 5 aromatic heterocycles. The zero-order valence-corrected chi connectivity index (χ0v) is 22.0. The molecule has 1 saturated heterocycles. The third kappa shape index (κ3) is 4.66. The molecule has 0 radical (unpaired) electrons. The predicted octanol–water partition coefficient (Wildman–Crippen LogP) is 5.55. The van der Waals surface area contributed by atoms with Crippen LogP contribution in [0.4, 0.5) is 4.39 Å². The maximum Gasteiger partial charge on any atom is 0.178 e. The van der Waals surface area contributed by atoms with Crippen LogP contribution in [0.2, 0.25) is 0 Å². The van der Waals surface area contributed by atoms with E-state index in [2.05, 4.69) is 35.0 Å². The van der Waals surface area contributed by atoms with Gasteiger partial charge in [-0.2, -0.15) is 5.10 Å². The molecular formula is C30H27FN8O. The highest BCUT2D eigenvalue weighted by Gasteiger charge is 2.17. The Morgan fingerprint density at radius 3 is 2.77 bits per heavy atom. The first-order valence-electron chi connectivity index (χ1n) is 13.4. The fraction of sp³-hybridized carbons (Fsp3) is 0.233. The number of pyridine rings is 3. The fourth-order valence-electron chi connectivity index (χ4n) is 5.35. The molecule has 0 spiro atoms. The number of benzene rings is 1. The number of rotatable bonds is 7. The first-order valence-corrected chi connectivity index (χ1v) is 13.4. The number of halogens is 1. The Kier molecular flexibility index (Phi) is 6.16. The van der Waals surface area contributed by atoms with Gasteiger partial charge in [-0.3, -0.25) is 20.0 Å². The van der Waals surface area contributed by atoms with E-state index in [0.29, 0.717) is 23.8 Å². The van der Waals surface area contributed by atoms with Crippen LogP contribution in [-0.4, -0.2) is 66.3 Å². The highest BCUT2D eigenvalue weighted by molar-refractivity contribution is 5.96. The van der Waals surface area contributed by atoms with E-state index in [1.165, 1.54) is 25.0 Å². The van der Waals surface area contributed by atoms with Gasteiger partial charge in [0.15, 0.2) is 11.5 Å². The Balaban J connectivity index is 1.21. The summed E-state index contributed by atoms with van der Waals surface area (Å²) in [5, 5.41) is 8.43. The Morgan fingerprint density at radius 1 is 1.00 bits per heavy atom. The van der Waals surface area contributed by atoms with Gasteiger partial charge < -0.3 is 9.72 Å². The van der Waals surface area contributed by atoms with Crippen molar-refractivity contribution in [2.45, 2.75) is 19.8 Å². The van der Waals surface area contributed by atoms with Crippen molar-refractivity contribution < 1.29 is 9.13 Å².